The molecule has 0 aromatic carbocycles. The Bertz CT molecular complexity index is 782. The molecule has 0 aliphatic rings. The van der Waals surface area contributed by atoms with Crippen molar-refractivity contribution in [2.75, 3.05) is 7.05 Å². The molecule has 3 aromatic heterocycles. The lowest BCUT2D eigenvalue weighted by Crippen LogP contribution is -2.26. The molecule has 0 spiro atoms. The number of aromatic nitrogens is 2. The van der Waals surface area contributed by atoms with Crippen LogP contribution in [0.3, 0.4) is 0 Å². The second-order valence-corrected chi connectivity index (χ2v) is 7.69. The maximum Gasteiger partial charge on any atom is 0.248 e. The first-order valence-electron chi connectivity index (χ1n) is 6.93. The average molecular weight is 412 g/mol. The largest absolute Gasteiger partial charge is 0.421 e. The molecular formula is C15H14BrN3O2S2. The highest BCUT2D eigenvalue weighted by atomic mass is 79.9. The van der Waals surface area contributed by atoms with Crippen molar-refractivity contribution in [3.05, 3.63) is 43.5 Å². The minimum Gasteiger partial charge on any atom is -0.421 e. The summed E-state index contributed by atoms with van der Waals surface area (Å²) in [7, 11) is 1.81. The number of aryl methyl sites for hydroxylation is 1. The summed E-state index contributed by atoms with van der Waals surface area (Å²) in [6, 6.07) is 3.96. The van der Waals surface area contributed by atoms with Gasteiger partial charge in [0.1, 0.15) is 0 Å². The highest BCUT2D eigenvalue weighted by Gasteiger charge is 2.14. The standard InChI is InChI=1S/C15H14BrN3O2S2/c1-19(7-12-6-11(16)9-23-12)14(20)3-2-13-17-18-15(21-13)10-4-5-22-8-10/h4-6,8-9H,2-3,7H2,1H3. The molecule has 3 aromatic rings. The van der Waals surface area contributed by atoms with Crippen molar-refractivity contribution in [1.82, 2.24) is 15.1 Å². The number of amides is 1. The summed E-state index contributed by atoms with van der Waals surface area (Å²) in [5.74, 6) is 1.06. The van der Waals surface area contributed by atoms with E-state index in [1.165, 1.54) is 0 Å². The zero-order chi connectivity index (χ0) is 16.2. The first-order valence-corrected chi connectivity index (χ1v) is 9.55. The van der Waals surface area contributed by atoms with Crippen LogP contribution in [-0.4, -0.2) is 28.1 Å². The minimum absolute atomic E-state index is 0.0600. The van der Waals surface area contributed by atoms with E-state index in [4.69, 9.17) is 4.42 Å². The molecule has 0 unspecified atom stereocenters. The lowest BCUT2D eigenvalue weighted by atomic mass is 10.2. The normalized spacial score (nSPS) is 10.9. The number of hydrogen-bond donors (Lipinski definition) is 0. The molecule has 0 aliphatic carbocycles. The Balaban J connectivity index is 1.52. The third kappa shape index (κ3) is 4.27. The maximum atomic E-state index is 12.2. The summed E-state index contributed by atoms with van der Waals surface area (Å²) >= 11 is 6.63. The number of rotatable bonds is 6. The van der Waals surface area contributed by atoms with Crippen LogP contribution in [0.1, 0.15) is 17.2 Å². The van der Waals surface area contributed by atoms with Crippen molar-refractivity contribution in [2.45, 2.75) is 19.4 Å². The Kier molecular flexibility index (Phi) is 5.24. The monoisotopic (exact) mass is 411 g/mol. The van der Waals surface area contributed by atoms with Crippen LogP contribution in [0, 0.1) is 0 Å². The zero-order valence-electron chi connectivity index (χ0n) is 12.4. The first-order chi connectivity index (χ1) is 11.1. The molecule has 0 saturated carbocycles. The third-order valence-corrected chi connectivity index (χ3v) is 5.59. The fraction of sp³-hybridized carbons (Fsp3) is 0.267. The van der Waals surface area contributed by atoms with Gasteiger partial charge in [-0.2, -0.15) is 11.3 Å². The number of nitrogens with zero attached hydrogens (tertiary/aromatic N) is 3. The zero-order valence-corrected chi connectivity index (χ0v) is 15.6. The summed E-state index contributed by atoms with van der Waals surface area (Å²) in [5, 5.41) is 13.9. The van der Waals surface area contributed by atoms with Crippen molar-refractivity contribution in [3.8, 4) is 11.5 Å². The quantitative estimate of drug-likeness (QED) is 0.609. The van der Waals surface area contributed by atoms with E-state index in [9.17, 15) is 4.79 Å². The van der Waals surface area contributed by atoms with Crippen LogP contribution in [-0.2, 0) is 17.8 Å². The summed E-state index contributed by atoms with van der Waals surface area (Å²) in [6.07, 6.45) is 0.808. The Hall–Kier alpha value is -1.51. The molecule has 0 radical (unpaired) electrons. The van der Waals surface area contributed by atoms with Crippen molar-refractivity contribution in [3.63, 3.8) is 0 Å². The van der Waals surface area contributed by atoms with Crippen molar-refractivity contribution in [1.29, 1.82) is 0 Å². The van der Waals surface area contributed by atoms with E-state index in [1.54, 1.807) is 34.6 Å². The lowest BCUT2D eigenvalue weighted by Gasteiger charge is -2.15. The smallest absolute Gasteiger partial charge is 0.248 e. The van der Waals surface area contributed by atoms with Gasteiger partial charge in [-0.25, -0.2) is 0 Å². The van der Waals surface area contributed by atoms with E-state index in [0.717, 1.165) is 14.9 Å². The Morgan fingerprint density at radius 2 is 2.26 bits per heavy atom. The number of thiophene rings is 2. The Morgan fingerprint density at radius 1 is 1.39 bits per heavy atom. The Morgan fingerprint density at radius 3 is 2.96 bits per heavy atom. The summed E-state index contributed by atoms with van der Waals surface area (Å²) in [6.45, 7) is 0.610. The van der Waals surface area contributed by atoms with Gasteiger partial charge >= 0.3 is 0 Å². The molecule has 3 rings (SSSR count). The molecule has 1 amide bonds. The van der Waals surface area contributed by atoms with Gasteiger partial charge in [-0.05, 0) is 33.4 Å². The molecular weight excluding hydrogens is 398 g/mol. The van der Waals surface area contributed by atoms with Gasteiger partial charge in [0.25, 0.3) is 0 Å². The molecule has 0 saturated heterocycles. The van der Waals surface area contributed by atoms with E-state index >= 15 is 0 Å². The fourth-order valence-electron chi connectivity index (χ4n) is 2.02. The molecule has 0 fully saturated rings. The molecule has 0 N–H and O–H groups in total. The SMILES string of the molecule is CN(Cc1cc(Br)cs1)C(=O)CCc1nnc(-c2ccsc2)o1. The van der Waals surface area contributed by atoms with E-state index in [-0.39, 0.29) is 5.91 Å². The van der Waals surface area contributed by atoms with E-state index < -0.39 is 0 Å². The molecule has 0 bridgehead atoms. The van der Waals surface area contributed by atoms with Crippen LogP contribution in [0.15, 0.2) is 37.2 Å². The highest BCUT2D eigenvalue weighted by Crippen LogP contribution is 2.22. The van der Waals surface area contributed by atoms with Gasteiger partial charge in [-0.1, -0.05) is 0 Å². The Labute approximate surface area is 150 Å². The van der Waals surface area contributed by atoms with Gasteiger partial charge < -0.3 is 9.32 Å². The van der Waals surface area contributed by atoms with Crippen molar-refractivity contribution < 1.29 is 9.21 Å². The molecule has 0 atom stereocenters. The van der Waals surface area contributed by atoms with Crippen LogP contribution in [0.4, 0.5) is 0 Å². The average Bonchev–Trinajstić information content (AvgIpc) is 3.26. The molecule has 5 nitrogen and oxygen atoms in total. The van der Waals surface area contributed by atoms with Crippen molar-refractivity contribution >= 4 is 44.5 Å². The molecule has 23 heavy (non-hydrogen) atoms. The van der Waals surface area contributed by atoms with Crippen LogP contribution in [0.5, 0.6) is 0 Å². The number of carbonyl (C=O) groups excluding carboxylic acids is 1. The highest BCUT2D eigenvalue weighted by molar-refractivity contribution is 9.10. The van der Waals surface area contributed by atoms with E-state index in [1.807, 2.05) is 28.3 Å². The van der Waals surface area contributed by atoms with Crippen LogP contribution in [0.2, 0.25) is 0 Å². The second kappa shape index (κ2) is 7.37. The van der Waals surface area contributed by atoms with Gasteiger partial charge in [0.2, 0.25) is 17.7 Å². The maximum absolute atomic E-state index is 12.2. The summed E-state index contributed by atoms with van der Waals surface area (Å²) < 4.78 is 6.64. The molecule has 8 heteroatoms. The summed E-state index contributed by atoms with van der Waals surface area (Å²) in [4.78, 5) is 15.1. The van der Waals surface area contributed by atoms with Crippen molar-refractivity contribution in [2.24, 2.45) is 0 Å². The lowest BCUT2D eigenvalue weighted by molar-refractivity contribution is -0.130. The minimum atomic E-state index is 0.0600. The molecule has 3 heterocycles. The van der Waals surface area contributed by atoms with Gasteiger partial charge in [0.05, 0.1) is 6.54 Å². The number of hydrogen-bond acceptors (Lipinski definition) is 6. The second-order valence-electron chi connectivity index (χ2n) is 4.99. The molecule has 120 valence electrons. The predicted molar refractivity (Wildman–Crippen MR) is 94.4 cm³/mol. The number of halogens is 1. The first kappa shape index (κ1) is 16.4. The van der Waals surface area contributed by atoms with E-state index in [0.29, 0.717) is 31.2 Å². The van der Waals surface area contributed by atoms with Crippen LogP contribution < -0.4 is 0 Å². The van der Waals surface area contributed by atoms with E-state index in [2.05, 4.69) is 26.1 Å². The predicted octanol–water partition coefficient (Wildman–Crippen LogP) is 4.21. The third-order valence-electron chi connectivity index (χ3n) is 3.23. The number of carbonyl (C=O) groups is 1. The van der Waals surface area contributed by atoms with Gasteiger partial charge in [-0.15, -0.1) is 21.5 Å². The topological polar surface area (TPSA) is 59.2 Å². The fourth-order valence-corrected chi connectivity index (χ4v) is 4.15. The molecule has 0 aliphatic heterocycles. The van der Waals surface area contributed by atoms with Gasteiger partial charge in [-0.3, -0.25) is 4.79 Å². The summed E-state index contributed by atoms with van der Waals surface area (Å²) in [5.41, 5.74) is 0.917. The van der Waals surface area contributed by atoms with Crippen LogP contribution >= 0.6 is 38.6 Å². The van der Waals surface area contributed by atoms with Gasteiger partial charge in [0, 0.05) is 45.6 Å². The van der Waals surface area contributed by atoms with Gasteiger partial charge in [0.15, 0.2) is 0 Å². The van der Waals surface area contributed by atoms with Crippen LogP contribution in [0.25, 0.3) is 11.5 Å².